The topological polar surface area (TPSA) is 15.7 Å². The van der Waals surface area contributed by atoms with E-state index in [0.29, 0.717) is 6.10 Å². The maximum atomic E-state index is 5.46. The Labute approximate surface area is 55.1 Å². The lowest BCUT2D eigenvalue weighted by Crippen LogP contribution is -2.42. The summed E-state index contributed by atoms with van der Waals surface area (Å²) in [4.78, 5) is 7.75. The van der Waals surface area contributed by atoms with E-state index in [1.165, 1.54) is 6.42 Å². The first-order valence-electron chi connectivity index (χ1n) is 3.45. The second-order valence-electron chi connectivity index (χ2n) is 2.90. The van der Waals surface area contributed by atoms with Crippen molar-refractivity contribution in [3.05, 3.63) is 0 Å². The lowest BCUT2D eigenvalue weighted by atomic mass is 10.3. The fourth-order valence-electron chi connectivity index (χ4n) is 1.51. The van der Waals surface area contributed by atoms with E-state index < -0.39 is 0 Å². The van der Waals surface area contributed by atoms with E-state index in [1.807, 2.05) is 5.06 Å². The maximum Gasteiger partial charge on any atom is 0.0933 e. The number of nitrogens with zero attached hydrogens (tertiary/aromatic N) is 2. The molecule has 3 nitrogen and oxygen atoms in total. The maximum absolute atomic E-state index is 5.46. The second kappa shape index (κ2) is 1.94. The Hall–Kier alpha value is -0.120. The molecule has 9 heavy (non-hydrogen) atoms. The molecule has 2 aliphatic heterocycles. The van der Waals surface area contributed by atoms with Crippen molar-refractivity contribution in [2.24, 2.45) is 0 Å². The van der Waals surface area contributed by atoms with Crippen molar-refractivity contribution in [2.75, 3.05) is 26.8 Å². The highest BCUT2D eigenvalue weighted by atomic mass is 16.7. The molecule has 2 bridgehead atoms. The summed E-state index contributed by atoms with van der Waals surface area (Å²) in [7, 11) is 2.13. The highest BCUT2D eigenvalue weighted by Gasteiger charge is 2.30. The first kappa shape index (κ1) is 5.65. The van der Waals surface area contributed by atoms with Gasteiger partial charge in [-0.05, 0) is 13.5 Å². The van der Waals surface area contributed by atoms with Crippen molar-refractivity contribution in [1.29, 1.82) is 0 Å². The highest BCUT2D eigenvalue weighted by Crippen LogP contribution is 2.18. The van der Waals surface area contributed by atoms with Gasteiger partial charge in [0.2, 0.25) is 0 Å². The fourth-order valence-corrected chi connectivity index (χ4v) is 1.51. The highest BCUT2D eigenvalue weighted by molar-refractivity contribution is 4.73. The molecule has 0 amide bonds. The fraction of sp³-hybridized carbons (Fsp3) is 1.00. The van der Waals surface area contributed by atoms with Gasteiger partial charge in [0.1, 0.15) is 0 Å². The van der Waals surface area contributed by atoms with Crippen molar-refractivity contribution in [1.82, 2.24) is 9.96 Å². The normalized spacial score (nSPS) is 43.7. The lowest BCUT2D eigenvalue weighted by molar-refractivity contribution is -0.203. The van der Waals surface area contributed by atoms with Gasteiger partial charge in [0.05, 0.1) is 12.8 Å². The molecule has 0 spiro atoms. The van der Waals surface area contributed by atoms with Crippen LogP contribution in [0.15, 0.2) is 0 Å². The third-order valence-electron chi connectivity index (χ3n) is 1.91. The summed E-state index contributed by atoms with van der Waals surface area (Å²) in [6.45, 7) is 3.21. The third kappa shape index (κ3) is 0.956. The van der Waals surface area contributed by atoms with Gasteiger partial charge in [-0.3, -0.25) is 9.74 Å². The van der Waals surface area contributed by atoms with Crippen LogP contribution in [-0.2, 0) is 4.84 Å². The Morgan fingerprint density at radius 2 is 2.44 bits per heavy atom. The van der Waals surface area contributed by atoms with Crippen molar-refractivity contribution in [3.63, 3.8) is 0 Å². The van der Waals surface area contributed by atoms with Gasteiger partial charge >= 0.3 is 0 Å². The number of fused-ring (bicyclic) bond motifs is 2. The van der Waals surface area contributed by atoms with E-state index in [4.69, 9.17) is 4.84 Å². The molecule has 2 atom stereocenters. The summed E-state index contributed by atoms with van der Waals surface area (Å²) < 4.78 is 0. The molecule has 2 unspecified atom stereocenters. The van der Waals surface area contributed by atoms with Crippen LogP contribution in [0.3, 0.4) is 0 Å². The first-order valence-corrected chi connectivity index (χ1v) is 3.45. The number of hydrogen-bond donors (Lipinski definition) is 0. The molecular formula is C6H12N2O. The minimum absolute atomic E-state index is 0.490. The van der Waals surface area contributed by atoms with Gasteiger partial charge in [0, 0.05) is 13.1 Å². The van der Waals surface area contributed by atoms with Gasteiger partial charge in [-0.2, -0.15) is 5.06 Å². The van der Waals surface area contributed by atoms with Crippen LogP contribution in [0.4, 0.5) is 0 Å². The van der Waals surface area contributed by atoms with Crippen LogP contribution in [0.25, 0.3) is 0 Å². The molecular weight excluding hydrogens is 116 g/mol. The van der Waals surface area contributed by atoms with E-state index in [9.17, 15) is 0 Å². The standard InChI is InChI=1S/C6H12N2O/c1-7-4-6-2-3-8(5-7)9-6/h6H,2-5H2,1H3. The molecule has 0 N–H and O–H groups in total. The van der Waals surface area contributed by atoms with Crippen LogP contribution in [0.2, 0.25) is 0 Å². The van der Waals surface area contributed by atoms with Crippen LogP contribution >= 0.6 is 0 Å². The molecule has 2 fully saturated rings. The van der Waals surface area contributed by atoms with E-state index >= 15 is 0 Å². The number of hydrogen-bond acceptors (Lipinski definition) is 3. The predicted molar refractivity (Wildman–Crippen MR) is 33.7 cm³/mol. The van der Waals surface area contributed by atoms with Crippen molar-refractivity contribution >= 4 is 0 Å². The molecule has 0 radical (unpaired) electrons. The lowest BCUT2D eigenvalue weighted by Gasteiger charge is -2.29. The SMILES string of the molecule is CN1CC2CCN(C1)O2. The zero-order valence-electron chi connectivity index (χ0n) is 5.71. The molecule has 0 aromatic rings. The average molecular weight is 128 g/mol. The minimum atomic E-state index is 0.490. The van der Waals surface area contributed by atoms with Gasteiger partial charge in [-0.1, -0.05) is 0 Å². The summed E-state index contributed by atoms with van der Waals surface area (Å²) >= 11 is 0. The van der Waals surface area contributed by atoms with E-state index in [0.717, 1.165) is 19.8 Å². The van der Waals surface area contributed by atoms with Crippen molar-refractivity contribution in [3.8, 4) is 0 Å². The quantitative estimate of drug-likeness (QED) is 0.453. The summed E-state index contributed by atoms with van der Waals surface area (Å²) in [6.07, 6.45) is 1.70. The Kier molecular flexibility index (Phi) is 1.22. The van der Waals surface area contributed by atoms with Gasteiger partial charge in [0.15, 0.2) is 0 Å². The van der Waals surface area contributed by atoms with E-state index in [2.05, 4.69) is 11.9 Å². The van der Waals surface area contributed by atoms with Gasteiger partial charge in [-0.25, -0.2) is 0 Å². The summed E-state index contributed by atoms with van der Waals surface area (Å²) in [5, 5.41) is 2.04. The molecule has 0 saturated carbocycles. The van der Waals surface area contributed by atoms with Crippen LogP contribution in [-0.4, -0.2) is 42.9 Å². The Balaban J connectivity index is 2.03. The molecule has 2 aliphatic rings. The molecule has 2 heterocycles. The second-order valence-corrected chi connectivity index (χ2v) is 2.90. The number of likely N-dealkylation sites (N-methyl/N-ethyl adjacent to an activating group) is 1. The van der Waals surface area contributed by atoms with Crippen molar-refractivity contribution in [2.45, 2.75) is 12.5 Å². The van der Waals surface area contributed by atoms with Crippen LogP contribution in [0.1, 0.15) is 6.42 Å². The summed E-state index contributed by atoms with van der Waals surface area (Å²) in [6, 6.07) is 0. The van der Waals surface area contributed by atoms with Crippen molar-refractivity contribution < 1.29 is 4.84 Å². The molecule has 52 valence electrons. The molecule has 0 aliphatic carbocycles. The van der Waals surface area contributed by atoms with Crippen LogP contribution in [0, 0.1) is 0 Å². The minimum Gasteiger partial charge on any atom is -0.293 e. The molecule has 2 rings (SSSR count). The van der Waals surface area contributed by atoms with Gasteiger partial charge in [0.25, 0.3) is 0 Å². The van der Waals surface area contributed by atoms with E-state index in [-0.39, 0.29) is 0 Å². The molecule has 0 aromatic heterocycles. The molecule has 2 saturated heterocycles. The van der Waals surface area contributed by atoms with Crippen LogP contribution < -0.4 is 0 Å². The number of rotatable bonds is 0. The zero-order valence-corrected chi connectivity index (χ0v) is 5.71. The number of hydroxylamine groups is 2. The van der Waals surface area contributed by atoms with E-state index in [1.54, 1.807) is 0 Å². The Morgan fingerprint density at radius 3 is 3.22 bits per heavy atom. The average Bonchev–Trinajstić information content (AvgIpc) is 2.11. The Bertz CT molecular complexity index is 106. The van der Waals surface area contributed by atoms with Crippen LogP contribution in [0.5, 0.6) is 0 Å². The zero-order chi connectivity index (χ0) is 6.27. The smallest absolute Gasteiger partial charge is 0.0933 e. The van der Waals surface area contributed by atoms with Gasteiger partial charge in [-0.15, -0.1) is 0 Å². The predicted octanol–water partition coefficient (Wildman–Crippen LogP) is -0.105. The van der Waals surface area contributed by atoms with Gasteiger partial charge < -0.3 is 0 Å². The first-order chi connectivity index (χ1) is 4.34. The monoisotopic (exact) mass is 128 g/mol. The summed E-state index contributed by atoms with van der Waals surface area (Å²) in [5.74, 6) is 0. The third-order valence-corrected chi connectivity index (χ3v) is 1.91. The summed E-state index contributed by atoms with van der Waals surface area (Å²) in [5.41, 5.74) is 0. The molecule has 3 heteroatoms. The Morgan fingerprint density at radius 1 is 1.56 bits per heavy atom. The largest absolute Gasteiger partial charge is 0.293 e. The molecule has 0 aromatic carbocycles.